The Labute approximate surface area is 112 Å². The number of aryl methyl sites for hydroxylation is 3. The molecule has 1 atom stereocenters. The number of thiophene rings is 1. The summed E-state index contributed by atoms with van der Waals surface area (Å²) in [6.45, 7) is 6.05. The van der Waals surface area contributed by atoms with Crippen molar-refractivity contribution in [3.8, 4) is 0 Å². The fourth-order valence-corrected chi connectivity index (χ4v) is 3.25. The first kappa shape index (κ1) is 13.2. The van der Waals surface area contributed by atoms with Crippen LogP contribution in [0, 0.1) is 26.6 Å². The Hall–Kier alpha value is -1.19. The molecule has 0 saturated carbocycles. The molecule has 1 aromatic heterocycles. The van der Waals surface area contributed by atoms with Crippen LogP contribution in [0.1, 0.15) is 32.5 Å². The van der Waals surface area contributed by atoms with Gasteiger partial charge in [0.25, 0.3) is 0 Å². The standard InChI is InChI=1S/C15H18FNS/c1-9-7-12(5-6-14(9)16)15(17-4)13-8-10(2)18-11(13)3/h5-8,15,17H,1-4H3. The molecule has 0 aliphatic heterocycles. The molecule has 0 radical (unpaired) electrons. The molecule has 2 aromatic rings. The first-order valence-corrected chi connectivity index (χ1v) is 6.85. The van der Waals surface area contributed by atoms with Crippen LogP contribution in [0.2, 0.25) is 0 Å². The van der Waals surface area contributed by atoms with Gasteiger partial charge in [-0.1, -0.05) is 12.1 Å². The average molecular weight is 263 g/mol. The van der Waals surface area contributed by atoms with Gasteiger partial charge in [-0.3, -0.25) is 0 Å². The van der Waals surface area contributed by atoms with Crippen molar-refractivity contribution in [3.05, 3.63) is 56.5 Å². The second-order valence-electron chi connectivity index (χ2n) is 4.60. The third-order valence-electron chi connectivity index (χ3n) is 3.19. The van der Waals surface area contributed by atoms with E-state index in [1.54, 1.807) is 24.3 Å². The van der Waals surface area contributed by atoms with Crippen molar-refractivity contribution >= 4 is 11.3 Å². The van der Waals surface area contributed by atoms with Gasteiger partial charge in [-0.25, -0.2) is 4.39 Å². The van der Waals surface area contributed by atoms with Crippen LogP contribution in [0.3, 0.4) is 0 Å². The van der Waals surface area contributed by atoms with E-state index in [1.165, 1.54) is 15.3 Å². The van der Waals surface area contributed by atoms with Gasteiger partial charge >= 0.3 is 0 Å². The van der Waals surface area contributed by atoms with Crippen LogP contribution in [-0.2, 0) is 0 Å². The zero-order chi connectivity index (χ0) is 13.3. The van der Waals surface area contributed by atoms with Gasteiger partial charge in [0.1, 0.15) is 5.82 Å². The first-order chi connectivity index (χ1) is 8.52. The SMILES string of the molecule is CNC(c1ccc(F)c(C)c1)c1cc(C)sc1C. The topological polar surface area (TPSA) is 12.0 Å². The molecule has 2 rings (SSSR count). The molecule has 0 spiro atoms. The molecule has 0 fully saturated rings. The summed E-state index contributed by atoms with van der Waals surface area (Å²) in [7, 11) is 1.94. The minimum Gasteiger partial charge on any atom is -0.309 e. The van der Waals surface area contributed by atoms with Gasteiger partial charge < -0.3 is 5.32 Å². The van der Waals surface area contributed by atoms with E-state index >= 15 is 0 Å². The van der Waals surface area contributed by atoms with E-state index in [-0.39, 0.29) is 11.9 Å². The first-order valence-electron chi connectivity index (χ1n) is 6.03. The summed E-state index contributed by atoms with van der Waals surface area (Å²) in [6, 6.07) is 7.66. The number of nitrogens with one attached hydrogen (secondary N) is 1. The van der Waals surface area contributed by atoms with Crippen molar-refractivity contribution in [2.24, 2.45) is 0 Å². The summed E-state index contributed by atoms with van der Waals surface area (Å²) < 4.78 is 13.3. The molecule has 1 heterocycles. The smallest absolute Gasteiger partial charge is 0.126 e. The Morgan fingerprint density at radius 1 is 1.17 bits per heavy atom. The highest BCUT2D eigenvalue weighted by molar-refractivity contribution is 7.12. The maximum Gasteiger partial charge on any atom is 0.126 e. The zero-order valence-corrected chi connectivity index (χ0v) is 12.0. The number of benzene rings is 1. The molecule has 3 heteroatoms. The molecule has 0 aliphatic rings. The third-order valence-corrected chi connectivity index (χ3v) is 4.18. The number of hydrogen-bond donors (Lipinski definition) is 1. The van der Waals surface area contributed by atoms with Crippen molar-refractivity contribution in [2.45, 2.75) is 26.8 Å². The summed E-state index contributed by atoms with van der Waals surface area (Å²) in [4.78, 5) is 2.62. The van der Waals surface area contributed by atoms with E-state index in [9.17, 15) is 4.39 Å². The molecule has 96 valence electrons. The highest BCUT2D eigenvalue weighted by atomic mass is 32.1. The molecule has 1 nitrogen and oxygen atoms in total. The van der Waals surface area contributed by atoms with E-state index in [4.69, 9.17) is 0 Å². The van der Waals surface area contributed by atoms with Crippen LogP contribution >= 0.6 is 11.3 Å². The zero-order valence-electron chi connectivity index (χ0n) is 11.2. The van der Waals surface area contributed by atoms with Gasteiger partial charge in [0.05, 0.1) is 6.04 Å². The van der Waals surface area contributed by atoms with Crippen LogP contribution in [-0.4, -0.2) is 7.05 Å². The quantitative estimate of drug-likeness (QED) is 0.878. The Morgan fingerprint density at radius 3 is 2.39 bits per heavy atom. The molecule has 1 aromatic carbocycles. The highest BCUT2D eigenvalue weighted by Gasteiger charge is 2.16. The number of rotatable bonds is 3. The molecule has 0 aliphatic carbocycles. The molecule has 1 unspecified atom stereocenters. The van der Waals surface area contributed by atoms with Crippen molar-refractivity contribution in [1.82, 2.24) is 5.32 Å². The molecule has 0 saturated heterocycles. The Balaban J connectivity index is 2.45. The van der Waals surface area contributed by atoms with E-state index in [2.05, 4.69) is 25.2 Å². The average Bonchev–Trinajstić information content (AvgIpc) is 2.64. The predicted molar refractivity (Wildman–Crippen MR) is 75.8 cm³/mol. The molecule has 0 bridgehead atoms. The lowest BCUT2D eigenvalue weighted by molar-refractivity contribution is 0.614. The Bertz CT molecular complexity index is 560. The van der Waals surface area contributed by atoms with E-state index < -0.39 is 0 Å². The predicted octanol–water partition coefficient (Wildman–Crippen LogP) is 4.12. The van der Waals surface area contributed by atoms with E-state index in [0.29, 0.717) is 5.56 Å². The van der Waals surface area contributed by atoms with Crippen LogP contribution in [0.4, 0.5) is 4.39 Å². The van der Waals surface area contributed by atoms with E-state index in [0.717, 1.165) is 5.56 Å². The minimum absolute atomic E-state index is 0.134. The monoisotopic (exact) mass is 263 g/mol. The van der Waals surface area contributed by atoms with Crippen LogP contribution in [0.5, 0.6) is 0 Å². The van der Waals surface area contributed by atoms with Crippen LogP contribution in [0.15, 0.2) is 24.3 Å². The maximum absolute atomic E-state index is 13.3. The van der Waals surface area contributed by atoms with Gasteiger partial charge in [-0.05, 0) is 56.6 Å². The molecular formula is C15H18FNS. The van der Waals surface area contributed by atoms with Crippen molar-refractivity contribution < 1.29 is 4.39 Å². The fourth-order valence-electron chi connectivity index (χ4n) is 2.29. The maximum atomic E-state index is 13.3. The van der Waals surface area contributed by atoms with Gasteiger partial charge in [-0.15, -0.1) is 11.3 Å². The van der Waals surface area contributed by atoms with Gasteiger partial charge in [-0.2, -0.15) is 0 Å². The lowest BCUT2D eigenvalue weighted by Gasteiger charge is -2.17. The van der Waals surface area contributed by atoms with Gasteiger partial charge in [0.15, 0.2) is 0 Å². The summed E-state index contributed by atoms with van der Waals surface area (Å²) in [5.74, 6) is -0.146. The summed E-state index contributed by atoms with van der Waals surface area (Å²) in [6.07, 6.45) is 0. The van der Waals surface area contributed by atoms with Gasteiger partial charge in [0, 0.05) is 9.75 Å². The normalized spacial score (nSPS) is 12.7. The largest absolute Gasteiger partial charge is 0.309 e. The molecule has 18 heavy (non-hydrogen) atoms. The number of halogens is 1. The Morgan fingerprint density at radius 2 is 1.89 bits per heavy atom. The highest BCUT2D eigenvalue weighted by Crippen LogP contribution is 2.31. The summed E-state index contributed by atoms with van der Waals surface area (Å²) in [5, 5.41) is 3.32. The summed E-state index contributed by atoms with van der Waals surface area (Å²) in [5.41, 5.74) is 3.08. The fraction of sp³-hybridized carbons (Fsp3) is 0.333. The van der Waals surface area contributed by atoms with Crippen LogP contribution in [0.25, 0.3) is 0 Å². The lowest BCUT2D eigenvalue weighted by atomic mass is 9.97. The second-order valence-corrected chi connectivity index (χ2v) is 6.06. The Kier molecular flexibility index (Phi) is 3.83. The minimum atomic E-state index is -0.146. The van der Waals surface area contributed by atoms with Gasteiger partial charge in [0.2, 0.25) is 0 Å². The lowest BCUT2D eigenvalue weighted by Crippen LogP contribution is -2.18. The third kappa shape index (κ3) is 2.47. The van der Waals surface area contributed by atoms with Crippen molar-refractivity contribution in [3.63, 3.8) is 0 Å². The molecular weight excluding hydrogens is 245 g/mol. The van der Waals surface area contributed by atoms with Crippen molar-refractivity contribution in [1.29, 1.82) is 0 Å². The molecule has 1 N–H and O–H groups in total. The van der Waals surface area contributed by atoms with Crippen molar-refractivity contribution in [2.75, 3.05) is 7.05 Å². The second kappa shape index (κ2) is 5.21. The van der Waals surface area contributed by atoms with E-state index in [1.807, 2.05) is 19.2 Å². The molecule has 0 amide bonds. The summed E-state index contributed by atoms with van der Waals surface area (Å²) >= 11 is 1.80. The number of hydrogen-bond acceptors (Lipinski definition) is 2. The van der Waals surface area contributed by atoms with Crippen LogP contribution < -0.4 is 5.32 Å².